The Kier molecular flexibility index (Phi) is 2.80. The van der Waals surface area contributed by atoms with Crippen molar-refractivity contribution in [2.75, 3.05) is 30.8 Å². The van der Waals surface area contributed by atoms with Gasteiger partial charge in [0.2, 0.25) is 0 Å². The summed E-state index contributed by atoms with van der Waals surface area (Å²) in [7, 11) is 1.77. The normalized spacial score (nSPS) is 19.6. The lowest BCUT2D eigenvalue weighted by Gasteiger charge is -2.22. The molecule has 94 valence electrons. The molecular formula is C14H17N3O. The second-order valence-corrected chi connectivity index (χ2v) is 4.67. The van der Waals surface area contributed by atoms with Crippen molar-refractivity contribution >= 4 is 22.3 Å². The SMILES string of the molecule is COC1CCN(c2c(N)cnc3ccccc23)C1. The number of nitrogen functional groups attached to an aromatic ring is 1. The molecule has 0 bridgehead atoms. The Labute approximate surface area is 106 Å². The predicted molar refractivity (Wildman–Crippen MR) is 73.8 cm³/mol. The van der Waals surface area contributed by atoms with Crippen LogP contribution in [0, 0.1) is 0 Å². The third-order valence-corrected chi connectivity index (χ3v) is 3.57. The second-order valence-electron chi connectivity index (χ2n) is 4.67. The smallest absolute Gasteiger partial charge is 0.0762 e. The number of para-hydroxylation sites is 1. The monoisotopic (exact) mass is 243 g/mol. The molecule has 1 unspecified atom stereocenters. The van der Waals surface area contributed by atoms with Gasteiger partial charge in [-0.25, -0.2) is 0 Å². The van der Waals surface area contributed by atoms with E-state index < -0.39 is 0 Å². The molecule has 3 rings (SSSR count). The summed E-state index contributed by atoms with van der Waals surface area (Å²) in [4.78, 5) is 6.67. The molecule has 1 saturated heterocycles. The van der Waals surface area contributed by atoms with Crippen molar-refractivity contribution in [1.29, 1.82) is 0 Å². The number of fused-ring (bicyclic) bond motifs is 1. The summed E-state index contributed by atoms with van der Waals surface area (Å²) in [5.41, 5.74) is 8.94. The molecule has 0 saturated carbocycles. The first-order valence-corrected chi connectivity index (χ1v) is 6.20. The number of nitrogens with two attached hydrogens (primary N) is 1. The van der Waals surface area contributed by atoms with Crippen molar-refractivity contribution in [2.24, 2.45) is 0 Å². The number of methoxy groups -OCH3 is 1. The summed E-state index contributed by atoms with van der Waals surface area (Å²) in [6, 6.07) is 8.12. The van der Waals surface area contributed by atoms with E-state index in [0.717, 1.165) is 41.8 Å². The zero-order valence-corrected chi connectivity index (χ0v) is 10.5. The van der Waals surface area contributed by atoms with Gasteiger partial charge in [-0.3, -0.25) is 4.98 Å². The van der Waals surface area contributed by atoms with Crippen LogP contribution in [-0.2, 0) is 4.74 Å². The van der Waals surface area contributed by atoms with Gasteiger partial charge in [0.1, 0.15) is 0 Å². The molecule has 0 amide bonds. The molecule has 2 heterocycles. The van der Waals surface area contributed by atoms with Crippen LogP contribution in [0.2, 0.25) is 0 Å². The molecule has 1 fully saturated rings. The first-order valence-electron chi connectivity index (χ1n) is 6.20. The van der Waals surface area contributed by atoms with Gasteiger partial charge in [0, 0.05) is 25.6 Å². The van der Waals surface area contributed by atoms with Crippen molar-refractivity contribution in [2.45, 2.75) is 12.5 Å². The van der Waals surface area contributed by atoms with Crippen LogP contribution in [0.3, 0.4) is 0 Å². The summed E-state index contributed by atoms with van der Waals surface area (Å²) in [5.74, 6) is 0. The molecule has 4 heteroatoms. The van der Waals surface area contributed by atoms with Gasteiger partial charge in [0.15, 0.2) is 0 Å². The topological polar surface area (TPSA) is 51.4 Å². The fourth-order valence-electron chi connectivity index (χ4n) is 2.62. The molecule has 0 spiro atoms. The van der Waals surface area contributed by atoms with Gasteiger partial charge >= 0.3 is 0 Å². The van der Waals surface area contributed by atoms with E-state index in [1.165, 1.54) is 0 Å². The summed E-state index contributed by atoms with van der Waals surface area (Å²) < 4.78 is 5.42. The molecule has 2 N–H and O–H groups in total. The van der Waals surface area contributed by atoms with Crippen LogP contribution in [0.25, 0.3) is 10.9 Å². The third-order valence-electron chi connectivity index (χ3n) is 3.57. The molecule has 1 aliphatic heterocycles. The number of hydrogen-bond acceptors (Lipinski definition) is 4. The minimum Gasteiger partial charge on any atom is -0.396 e. The van der Waals surface area contributed by atoms with Gasteiger partial charge in [-0.15, -0.1) is 0 Å². The van der Waals surface area contributed by atoms with E-state index in [4.69, 9.17) is 10.5 Å². The highest BCUT2D eigenvalue weighted by atomic mass is 16.5. The van der Waals surface area contributed by atoms with Crippen LogP contribution in [0.15, 0.2) is 30.5 Å². The van der Waals surface area contributed by atoms with Crippen molar-refractivity contribution in [3.8, 4) is 0 Å². The number of benzene rings is 1. The highest BCUT2D eigenvalue weighted by Crippen LogP contribution is 2.33. The maximum absolute atomic E-state index is 6.11. The fourth-order valence-corrected chi connectivity index (χ4v) is 2.62. The Morgan fingerprint density at radius 3 is 3.00 bits per heavy atom. The molecule has 0 aliphatic carbocycles. The molecule has 1 aromatic heterocycles. The Hall–Kier alpha value is -1.81. The summed E-state index contributed by atoms with van der Waals surface area (Å²) >= 11 is 0. The van der Waals surface area contributed by atoms with Crippen LogP contribution in [-0.4, -0.2) is 31.3 Å². The number of nitrogens with zero attached hydrogens (tertiary/aromatic N) is 2. The quantitative estimate of drug-likeness (QED) is 0.877. The van der Waals surface area contributed by atoms with Gasteiger partial charge in [0.25, 0.3) is 0 Å². The lowest BCUT2D eigenvalue weighted by Crippen LogP contribution is -2.23. The van der Waals surface area contributed by atoms with E-state index in [1.54, 1.807) is 13.3 Å². The molecule has 1 aromatic carbocycles. The van der Waals surface area contributed by atoms with Gasteiger partial charge in [-0.2, -0.15) is 0 Å². The van der Waals surface area contributed by atoms with Gasteiger partial charge in [-0.1, -0.05) is 18.2 Å². The molecular weight excluding hydrogens is 226 g/mol. The van der Waals surface area contributed by atoms with Crippen molar-refractivity contribution in [3.63, 3.8) is 0 Å². The van der Waals surface area contributed by atoms with E-state index in [2.05, 4.69) is 16.0 Å². The summed E-state index contributed by atoms with van der Waals surface area (Å²) in [6.45, 7) is 1.88. The van der Waals surface area contributed by atoms with Crippen LogP contribution >= 0.6 is 0 Å². The fraction of sp³-hybridized carbons (Fsp3) is 0.357. The number of anilines is 2. The van der Waals surface area contributed by atoms with Crippen LogP contribution in [0.4, 0.5) is 11.4 Å². The first kappa shape index (κ1) is 11.3. The van der Waals surface area contributed by atoms with E-state index in [-0.39, 0.29) is 0 Å². The van der Waals surface area contributed by atoms with Crippen molar-refractivity contribution in [1.82, 2.24) is 4.98 Å². The standard InChI is InChI=1S/C14H17N3O/c1-18-10-6-7-17(9-10)14-11-4-2-3-5-13(11)16-8-12(14)15/h2-5,8,10H,6-7,9,15H2,1H3. The van der Waals surface area contributed by atoms with Crippen LogP contribution in [0.5, 0.6) is 0 Å². The Bertz CT molecular complexity index is 570. The Morgan fingerprint density at radius 2 is 2.22 bits per heavy atom. The maximum atomic E-state index is 6.11. The second kappa shape index (κ2) is 4.46. The van der Waals surface area contributed by atoms with E-state index in [9.17, 15) is 0 Å². The van der Waals surface area contributed by atoms with Crippen molar-refractivity contribution < 1.29 is 4.74 Å². The summed E-state index contributed by atoms with van der Waals surface area (Å²) in [5, 5.41) is 1.12. The predicted octanol–water partition coefficient (Wildman–Crippen LogP) is 2.04. The lowest BCUT2D eigenvalue weighted by atomic mass is 10.1. The Balaban J connectivity index is 2.08. The minimum atomic E-state index is 0.302. The first-order chi connectivity index (χ1) is 8.79. The zero-order chi connectivity index (χ0) is 12.5. The number of ether oxygens (including phenoxy) is 1. The van der Waals surface area contributed by atoms with Crippen molar-refractivity contribution in [3.05, 3.63) is 30.5 Å². The third kappa shape index (κ3) is 1.78. The van der Waals surface area contributed by atoms with Crippen LogP contribution < -0.4 is 10.6 Å². The highest BCUT2D eigenvalue weighted by Gasteiger charge is 2.25. The molecule has 1 aliphatic rings. The van der Waals surface area contributed by atoms with Gasteiger partial charge < -0.3 is 15.4 Å². The molecule has 18 heavy (non-hydrogen) atoms. The maximum Gasteiger partial charge on any atom is 0.0762 e. The molecule has 4 nitrogen and oxygen atoms in total. The van der Waals surface area contributed by atoms with E-state index in [0.29, 0.717) is 6.10 Å². The average Bonchev–Trinajstić information content (AvgIpc) is 2.87. The number of rotatable bonds is 2. The number of hydrogen-bond donors (Lipinski definition) is 1. The number of aromatic nitrogens is 1. The van der Waals surface area contributed by atoms with Gasteiger partial charge in [-0.05, 0) is 12.5 Å². The zero-order valence-electron chi connectivity index (χ0n) is 10.5. The molecule has 0 radical (unpaired) electrons. The van der Waals surface area contributed by atoms with Gasteiger partial charge in [0.05, 0.1) is 29.2 Å². The molecule has 1 atom stereocenters. The van der Waals surface area contributed by atoms with Crippen LogP contribution in [0.1, 0.15) is 6.42 Å². The number of pyridine rings is 1. The minimum absolute atomic E-state index is 0.302. The highest BCUT2D eigenvalue weighted by molar-refractivity contribution is 5.97. The Morgan fingerprint density at radius 1 is 1.39 bits per heavy atom. The van der Waals surface area contributed by atoms with E-state index in [1.807, 2.05) is 18.2 Å². The largest absolute Gasteiger partial charge is 0.396 e. The lowest BCUT2D eigenvalue weighted by molar-refractivity contribution is 0.121. The van der Waals surface area contributed by atoms with E-state index >= 15 is 0 Å². The summed E-state index contributed by atoms with van der Waals surface area (Å²) in [6.07, 6.45) is 3.10. The average molecular weight is 243 g/mol. The molecule has 2 aromatic rings.